The standard InChI is InChI=1S/C14H17BrFN3S/c1-3-6-17-13(14-9(2)18-19-20-14)8-10-7-11(16)4-5-12(10)15/h4-5,7,13,17H,3,6,8H2,1-2H3. The molecule has 2 rings (SSSR count). The Morgan fingerprint density at radius 3 is 2.90 bits per heavy atom. The van der Waals surface area contributed by atoms with Gasteiger partial charge in [0.05, 0.1) is 10.6 Å². The predicted molar refractivity (Wildman–Crippen MR) is 83.5 cm³/mol. The van der Waals surface area contributed by atoms with Crippen molar-refractivity contribution in [2.24, 2.45) is 0 Å². The summed E-state index contributed by atoms with van der Waals surface area (Å²) in [5, 5.41) is 7.56. The Morgan fingerprint density at radius 2 is 2.25 bits per heavy atom. The lowest BCUT2D eigenvalue weighted by Gasteiger charge is -2.18. The third kappa shape index (κ3) is 3.84. The molecule has 0 bridgehead atoms. The lowest BCUT2D eigenvalue weighted by molar-refractivity contribution is 0.530. The van der Waals surface area contributed by atoms with Crippen molar-refractivity contribution in [3.63, 3.8) is 0 Å². The van der Waals surface area contributed by atoms with E-state index in [0.29, 0.717) is 6.42 Å². The normalized spacial score (nSPS) is 12.6. The van der Waals surface area contributed by atoms with Gasteiger partial charge in [0.2, 0.25) is 0 Å². The number of benzene rings is 1. The van der Waals surface area contributed by atoms with Gasteiger partial charge in [0.15, 0.2) is 0 Å². The van der Waals surface area contributed by atoms with Gasteiger partial charge in [-0.05, 0) is 61.6 Å². The van der Waals surface area contributed by atoms with E-state index in [0.717, 1.165) is 33.6 Å². The smallest absolute Gasteiger partial charge is 0.123 e. The van der Waals surface area contributed by atoms with Gasteiger partial charge in [0.1, 0.15) is 5.82 Å². The Morgan fingerprint density at radius 1 is 1.45 bits per heavy atom. The molecular weight excluding hydrogens is 341 g/mol. The van der Waals surface area contributed by atoms with Crippen LogP contribution in [0.1, 0.15) is 35.5 Å². The van der Waals surface area contributed by atoms with Gasteiger partial charge in [-0.1, -0.05) is 27.3 Å². The number of hydrogen-bond donors (Lipinski definition) is 1. The second-order valence-corrected chi connectivity index (χ2v) is 6.31. The van der Waals surface area contributed by atoms with Crippen LogP contribution in [0.15, 0.2) is 22.7 Å². The molecule has 1 atom stereocenters. The zero-order valence-electron chi connectivity index (χ0n) is 11.5. The van der Waals surface area contributed by atoms with Crippen molar-refractivity contribution in [2.45, 2.75) is 32.7 Å². The summed E-state index contributed by atoms with van der Waals surface area (Å²) in [7, 11) is 0. The Kier molecular flexibility index (Phi) is 5.63. The lowest BCUT2D eigenvalue weighted by atomic mass is 10.0. The zero-order valence-corrected chi connectivity index (χ0v) is 13.9. The van der Waals surface area contributed by atoms with Gasteiger partial charge in [-0.25, -0.2) is 4.39 Å². The maximum atomic E-state index is 13.4. The molecule has 1 aromatic heterocycles. The minimum atomic E-state index is -0.211. The highest BCUT2D eigenvalue weighted by Crippen LogP contribution is 2.27. The van der Waals surface area contributed by atoms with Gasteiger partial charge in [-0.15, -0.1) is 5.10 Å². The number of nitrogens with one attached hydrogen (secondary N) is 1. The first-order chi connectivity index (χ1) is 9.61. The van der Waals surface area contributed by atoms with Crippen molar-refractivity contribution in [1.82, 2.24) is 14.9 Å². The second kappa shape index (κ2) is 7.24. The van der Waals surface area contributed by atoms with E-state index in [2.05, 4.69) is 37.8 Å². The fourth-order valence-corrected chi connectivity index (χ4v) is 3.18. The van der Waals surface area contributed by atoms with Gasteiger partial charge < -0.3 is 5.32 Å². The minimum absolute atomic E-state index is 0.119. The number of halogens is 2. The molecule has 0 radical (unpaired) electrons. The first kappa shape index (κ1) is 15.5. The molecule has 0 aliphatic heterocycles. The van der Waals surface area contributed by atoms with E-state index >= 15 is 0 Å². The van der Waals surface area contributed by atoms with Crippen molar-refractivity contribution in [1.29, 1.82) is 0 Å². The number of nitrogens with zero attached hydrogens (tertiary/aromatic N) is 2. The van der Waals surface area contributed by atoms with Gasteiger partial charge in [0.25, 0.3) is 0 Å². The molecule has 0 spiro atoms. The summed E-state index contributed by atoms with van der Waals surface area (Å²) < 4.78 is 18.3. The molecule has 0 fully saturated rings. The average Bonchev–Trinajstić information content (AvgIpc) is 2.84. The maximum absolute atomic E-state index is 13.4. The van der Waals surface area contributed by atoms with Crippen molar-refractivity contribution in [3.8, 4) is 0 Å². The van der Waals surface area contributed by atoms with Crippen molar-refractivity contribution in [3.05, 3.63) is 44.6 Å². The topological polar surface area (TPSA) is 37.8 Å². The van der Waals surface area contributed by atoms with Crippen molar-refractivity contribution in [2.75, 3.05) is 6.54 Å². The number of hydrogen-bond acceptors (Lipinski definition) is 4. The summed E-state index contributed by atoms with van der Waals surface area (Å²) >= 11 is 4.89. The fraction of sp³-hybridized carbons (Fsp3) is 0.429. The molecule has 0 saturated carbocycles. The molecular formula is C14H17BrFN3S. The monoisotopic (exact) mass is 357 g/mol. The van der Waals surface area contributed by atoms with Crippen LogP contribution in [-0.2, 0) is 6.42 Å². The van der Waals surface area contributed by atoms with Crippen LogP contribution in [0.4, 0.5) is 4.39 Å². The molecule has 6 heteroatoms. The van der Waals surface area contributed by atoms with Gasteiger partial charge in [-0.3, -0.25) is 0 Å². The van der Waals surface area contributed by atoms with Crippen LogP contribution >= 0.6 is 27.5 Å². The van der Waals surface area contributed by atoms with Crippen LogP contribution < -0.4 is 5.32 Å². The zero-order chi connectivity index (χ0) is 14.5. The van der Waals surface area contributed by atoms with Gasteiger partial charge in [0, 0.05) is 10.5 Å². The van der Waals surface area contributed by atoms with Crippen molar-refractivity contribution >= 4 is 27.5 Å². The van der Waals surface area contributed by atoms with E-state index in [1.165, 1.54) is 17.6 Å². The third-order valence-electron chi connectivity index (χ3n) is 3.08. The van der Waals surface area contributed by atoms with E-state index < -0.39 is 0 Å². The summed E-state index contributed by atoms with van der Waals surface area (Å²) in [6, 6.07) is 4.91. The summed E-state index contributed by atoms with van der Waals surface area (Å²) in [6.07, 6.45) is 1.76. The van der Waals surface area contributed by atoms with Crippen LogP contribution in [0.3, 0.4) is 0 Å². The Labute approximate surface area is 130 Å². The molecule has 1 aromatic carbocycles. The second-order valence-electron chi connectivity index (χ2n) is 4.67. The largest absolute Gasteiger partial charge is 0.309 e. The predicted octanol–water partition coefficient (Wildman–Crippen LogP) is 4.03. The first-order valence-corrected chi connectivity index (χ1v) is 8.14. The molecule has 1 unspecified atom stereocenters. The van der Waals surface area contributed by atoms with Crippen LogP contribution in [0.2, 0.25) is 0 Å². The average molecular weight is 358 g/mol. The molecule has 2 aromatic rings. The van der Waals surface area contributed by atoms with Crippen LogP contribution in [0.25, 0.3) is 0 Å². The van der Waals surface area contributed by atoms with E-state index in [-0.39, 0.29) is 11.9 Å². The van der Waals surface area contributed by atoms with E-state index in [1.54, 1.807) is 12.1 Å². The molecule has 1 heterocycles. The van der Waals surface area contributed by atoms with E-state index in [1.807, 2.05) is 6.92 Å². The number of aromatic nitrogens is 2. The molecule has 0 amide bonds. The molecule has 0 aliphatic rings. The number of aryl methyl sites for hydroxylation is 1. The molecule has 1 N–H and O–H groups in total. The highest BCUT2D eigenvalue weighted by atomic mass is 79.9. The Bertz CT molecular complexity index is 573. The third-order valence-corrected chi connectivity index (χ3v) is 4.79. The highest BCUT2D eigenvalue weighted by molar-refractivity contribution is 9.10. The summed E-state index contributed by atoms with van der Waals surface area (Å²) in [5.41, 5.74) is 1.89. The van der Waals surface area contributed by atoms with Crippen LogP contribution in [0.5, 0.6) is 0 Å². The van der Waals surface area contributed by atoms with Crippen molar-refractivity contribution < 1.29 is 4.39 Å². The lowest BCUT2D eigenvalue weighted by Crippen LogP contribution is -2.24. The Balaban J connectivity index is 2.23. The maximum Gasteiger partial charge on any atom is 0.123 e. The first-order valence-electron chi connectivity index (χ1n) is 6.58. The highest BCUT2D eigenvalue weighted by Gasteiger charge is 2.18. The van der Waals surface area contributed by atoms with Crippen LogP contribution in [-0.4, -0.2) is 16.1 Å². The SMILES string of the molecule is CCCNC(Cc1cc(F)ccc1Br)c1snnc1C. The van der Waals surface area contributed by atoms with E-state index in [4.69, 9.17) is 0 Å². The van der Waals surface area contributed by atoms with Crippen LogP contribution in [0, 0.1) is 12.7 Å². The van der Waals surface area contributed by atoms with Gasteiger partial charge >= 0.3 is 0 Å². The molecule has 0 aliphatic carbocycles. The molecule has 20 heavy (non-hydrogen) atoms. The summed E-state index contributed by atoms with van der Waals surface area (Å²) in [5.74, 6) is -0.211. The van der Waals surface area contributed by atoms with E-state index in [9.17, 15) is 4.39 Å². The molecule has 0 saturated heterocycles. The summed E-state index contributed by atoms with van der Waals surface area (Å²) in [4.78, 5) is 1.12. The van der Waals surface area contributed by atoms with Gasteiger partial charge in [-0.2, -0.15) is 0 Å². The quantitative estimate of drug-likeness (QED) is 0.847. The minimum Gasteiger partial charge on any atom is -0.309 e. The molecule has 3 nitrogen and oxygen atoms in total. The number of rotatable bonds is 6. The molecule has 108 valence electrons. The summed E-state index contributed by atoms with van der Waals surface area (Å²) in [6.45, 7) is 5.00. The fourth-order valence-electron chi connectivity index (χ4n) is 2.05. The Hall–Kier alpha value is -0.850.